The van der Waals surface area contributed by atoms with Gasteiger partial charge < -0.3 is 0 Å². The second kappa shape index (κ2) is 9.34. The molecule has 0 saturated heterocycles. The Morgan fingerprint density at radius 3 is 1.00 bits per heavy atom. The van der Waals surface area contributed by atoms with E-state index in [0.29, 0.717) is 0 Å². The van der Waals surface area contributed by atoms with E-state index in [-0.39, 0.29) is 5.34 Å². The highest BCUT2D eigenvalue weighted by atomic mass is 35.5. The molecule has 4 aliphatic rings. The third-order valence-corrected chi connectivity index (χ3v) is 14.4. The lowest BCUT2D eigenvalue weighted by atomic mass is 11.0. The fraction of sp³-hybridized carbons (Fsp3) is 0.455. The van der Waals surface area contributed by atoms with Gasteiger partial charge in [-0.1, -0.05) is 47.0 Å². The maximum absolute atomic E-state index is 4.76. The standard InChI is InChI=1S/C10H8S8.CH2Cl2/c1-2-12-6-5(11-1)15-9(16-6)10-17-7-8(18-10)14-4-3-13-7;2-1-3/h1-4H2;1H2. The van der Waals surface area contributed by atoms with Crippen molar-refractivity contribution < 1.29 is 0 Å². The molecule has 0 aliphatic carbocycles. The van der Waals surface area contributed by atoms with Crippen molar-refractivity contribution in [2.24, 2.45) is 0 Å². The summed E-state index contributed by atoms with van der Waals surface area (Å²) < 4.78 is 9.31. The van der Waals surface area contributed by atoms with E-state index in [0.717, 1.165) is 0 Å². The van der Waals surface area contributed by atoms with Gasteiger partial charge in [0.2, 0.25) is 0 Å². The Kier molecular flexibility index (Phi) is 8.18. The molecule has 4 rings (SSSR count). The molecule has 4 heterocycles. The average molecular weight is 470 g/mol. The van der Waals surface area contributed by atoms with Crippen molar-refractivity contribution in [2.75, 3.05) is 28.4 Å². The summed E-state index contributed by atoms with van der Waals surface area (Å²) in [6.07, 6.45) is 0. The van der Waals surface area contributed by atoms with Crippen LogP contribution in [0.5, 0.6) is 0 Å². The third kappa shape index (κ3) is 4.82. The van der Waals surface area contributed by atoms with Gasteiger partial charge in [0.1, 0.15) is 0 Å². The Balaban J connectivity index is 0.000000409. The SMILES string of the molecule is C1CSC2=C(S1)SC(=C1SC3=C(SCCS3)S1)S2.ClCCl. The number of rotatable bonds is 0. The first-order valence-corrected chi connectivity index (χ1v) is 14.2. The molecule has 116 valence electrons. The van der Waals surface area contributed by atoms with Gasteiger partial charge in [0, 0.05) is 23.0 Å². The van der Waals surface area contributed by atoms with E-state index in [1.165, 1.54) is 31.5 Å². The van der Waals surface area contributed by atoms with Crippen LogP contribution < -0.4 is 0 Å². The molecule has 0 aromatic heterocycles. The van der Waals surface area contributed by atoms with Crippen molar-refractivity contribution >= 4 is 117 Å². The minimum atomic E-state index is 0.194. The lowest BCUT2D eigenvalue weighted by molar-refractivity contribution is 1.56. The minimum absolute atomic E-state index is 0.194. The van der Waals surface area contributed by atoms with E-state index in [9.17, 15) is 0 Å². The van der Waals surface area contributed by atoms with E-state index in [1.807, 2.05) is 94.1 Å². The Hall–Kier alpha value is 2.60. The highest BCUT2D eigenvalue weighted by molar-refractivity contribution is 8.45. The largest absolute Gasteiger partial charge is 0.116 e. The third-order valence-electron chi connectivity index (χ3n) is 2.34. The first-order chi connectivity index (χ1) is 10.3. The molecule has 0 atom stereocenters. The monoisotopic (exact) mass is 468 g/mol. The summed E-state index contributed by atoms with van der Waals surface area (Å²) in [5, 5.41) is 0.194. The van der Waals surface area contributed by atoms with Crippen LogP contribution in [-0.2, 0) is 0 Å². The molecule has 21 heavy (non-hydrogen) atoms. The molecule has 0 aromatic carbocycles. The van der Waals surface area contributed by atoms with Crippen molar-refractivity contribution in [1.29, 1.82) is 0 Å². The molecule has 0 aromatic rings. The zero-order valence-corrected chi connectivity index (χ0v) is 18.6. The van der Waals surface area contributed by atoms with Crippen LogP contribution in [0.3, 0.4) is 0 Å². The first kappa shape index (κ1) is 18.4. The van der Waals surface area contributed by atoms with Crippen LogP contribution >= 0.6 is 117 Å². The summed E-state index contributed by atoms with van der Waals surface area (Å²) in [6.45, 7) is 0. The Labute approximate surface area is 169 Å². The average Bonchev–Trinajstić information content (AvgIpc) is 3.11. The van der Waals surface area contributed by atoms with Gasteiger partial charge in [-0.3, -0.25) is 0 Å². The van der Waals surface area contributed by atoms with Crippen LogP contribution in [0.15, 0.2) is 25.4 Å². The predicted molar refractivity (Wildman–Crippen MR) is 118 cm³/mol. The number of hydrogen-bond donors (Lipinski definition) is 0. The zero-order valence-electron chi connectivity index (χ0n) is 10.6. The summed E-state index contributed by atoms with van der Waals surface area (Å²) >= 11 is 25.8. The van der Waals surface area contributed by atoms with Gasteiger partial charge in [-0.2, -0.15) is 0 Å². The quantitative estimate of drug-likeness (QED) is 0.327. The Bertz CT molecular complexity index is 428. The predicted octanol–water partition coefficient (Wildman–Crippen LogP) is 7.71. The van der Waals surface area contributed by atoms with Crippen LogP contribution in [0.25, 0.3) is 0 Å². The zero-order chi connectivity index (χ0) is 14.7. The van der Waals surface area contributed by atoms with Crippen molar-refractivity contribution in [3.63, 3.8) is 0 Å². The maximum Gasteiger partial charge on any atom is 0.0967 e. The van der Waals surface area contributed by atoms with E-state index in [2.05, 4.69) is 0 Å². The highest BCUT2D eigenvalue weighted by Crippen LogP contribution is 2.67. The highest BCUT2D eigenvalue weighted by Gasteiger charge is 2.32. The molecule has 0 nitrogen and oxygen atoms in total. The van der Waals surface area contributed by atoms with E-state index in [4.69, 9.17) is 23.2 Å². The molecule has 0 spiro atoms. The first-order valence-electron chi connectivity index (χ1n) is 5.89. The van der Waals surface area contributed by atoms with Crippen molar-refractivity contribution in [1.82, 2.24) is 0 Å². The van der Waals surface area contributed by atoms with Gasteiger partial charge in [0.25, 0.3) is 0 Å². The van der Waals surface area contributed by atoms with Gasteiger partial charge in [0.15, 0.2) is 0 Å². The Morgan fingerprint density at radius 2 is 0.762 bits per heavy atom. The molecule has 0 saturated carbocycles. The second-order valence-electron chi connectivity index (χ2n) is 3.63. The molecule has 0 radical (unpaired) electrons. The van der Waals surface area contributed by atoms with Crippen LogP contribution in [-0.4, -0.2) is 28.4 Å². The van der Waals surface area contributed by atoms with Crippen molar-refractivity contribution in [3.05, 3.63) is 25.4 Å². The summed E-state index contributed by atoms with van der Waals surface area (Å²) in [5.41, 5.74) is 0. The van der Waals surface area contributed by atoms with E-state index in [1.54, 1.807) is 16.9 Å². The summed E-state index contributed by atoms with van der Waals surface area (Å²) in [5.74, 6) is 5.11. The van der Waals surface area contributed by atoms with E-state index >= 15 is 0 Å². The minimum Gasteiger partial charge on any atom is -0.116 e. The van der Waals surface area contributed by atoms with Crippen LogP contribution in [0, 0.1) is 0 Å². The smallest absolute Gasteiger partial charge is 0.0967 e. The molecule has 0 bridgehead atoms. The number of halogens is 2. The number of hydrogen-bond acceptors (Lipinski definition) is 8. The van der Waals surface area contributed by atoms with Gasteiger partial charge in [-0.15, -0.1) is 70.2 Å². The van der Waals surface area contributed by atoms with Crippen LogP contribution in [0.2, 0.25) is 0 Å². The summed E-state index contributed by atoms with van der Waals surface area (Å²) in [4.78, 5) is 0. The molecular formula is C11H10Cl2S8. The van der Waals surface area contributed by atoms with Gasteiger partial charge in [-0.25, -0.2) is 0 Å². The van der Waals surface area contributed by atoms with Crippen LogP contribution in [0.4, 0.5) is 0 Å². The van der Waals surface area contributed by atoms with Crippen molar-refractivity contribution in [3.8, 4) is 0 Å². The molecular weight excluding hydrogens is 460 g/mol. The molecule has 10 heteroatoms. The fourth-order valence-electron chi connectivity index (χ4n) is 1.60. The van der Waals surface area contributed by atoms with Gasteiger partial charge >= 0.3 is 0 Å². The number of thioether (sulfide) groups is 8. The summed E-state index contributed by atoms with van der Waals surface area (Å²) in [7, 11) is 0. The second-order valence-corrected chi connectivity index (χ2v) is 14.5. The van der Waals surface area contributed by atoms with Crippen LogP contribution in [0.1, 0.15) is 0 Å². The van der Waals surface area contributed by atoms with Crippen molar-refractivity contribution in [2.45, 2.75) is 0 Å². The number of alkyl halides is 2. The fourth-order valence-corrected chi connectivity index (χ4v) is 13.8. The van der Waals surface area contributed by atoms with Gasteiger partial charge in [0.05, 0.1) is 30.8 Å². The van der Waals surface area contributed by atoms with E-state index < -0.39 is 0 Å². The maximum atomic E-state index is 4.76. The topological polar surface area (TPSA) is 0 Å². The lowest BCUT2D eigenvalue weighted by Gasteiger charge is -2.08. The van der Waals surface area contributed by atoms with Gasteiger partial charge in [-0.05, 0) is 0 Å². The molecule has 0 N–H and O–H groups in total. The molecule has 0 unspecified atom stereocenters. The molecule has 4 aliphatic heterocycles. The lowest BCUT2D eigenvalue weighted by Crippen LogP contribution is -1.88. The molecule has 0 fully saturated rings. The Morgan fingerprint density at radius 1 is 0.524 bits per heavy atom. The summed E-state index contributed by atoms with van der Waals surface area (Å²) in [6, 6.07) is 0. The molecule has 0 amide bonds. The normalized spacial score (nSPS) is 24.9.